The van der Waals surface area contributed by atoms with Crippen molar-refractivity contribution in [2.45, 2.75) is 0 Å². The quantitative estimate of drug-likeness (QED) is 0.382. The third kappa shape index (κ3) is 4.96. The van der Waals surface area contributed by atoms with E-state index in [4.69, 9.17) is 5.11 Å². The number of carboxylic acid groups (broad SMARTS) is 1. The van der Waals surface area contributed by atoms with Crippen LogP contribution in [0, 0.1) is 0 Å². The Hall–Kier alpha value is -1.79. The minimum absolute atomic E-state index is 0.0880. The number of hydrogen-bond donors (Lipinski definition) is 3. The van der Waals surface area contributed by atoms with Crippen LogP contribution in [0.25, 0.3) is 0 Å². The molecule has 0 aromatic carbocycles. The topological polar surface area (TPSA) is 98.7 Å². The highest BCUT2D eigenvalue weighted by atomic mass is 16.4. The van der Waals surface area contributed by atoms with Gasteiger partial charge in [0.25, 0.3) is 0 Å². The second-order valence-corrected chi connectivity index (χ2v) is 2.69. The van der Waals surface area contributed by atoms with Gasteiger partial charge in [-0.25, -0.2) is 9.59 Å². The molecule has 0 saturated carbocycles. The molecule has 0 heterocycles. The standard InChI is InChI=1S/C7H13N3O4/c1-10(2)7(14)9-4-3-8-5(11)6(12)13/h3-4H2,1-2H3,(H,8,11)(H,9,14)(H,12,13). The molecule has 7 heteroatoms. The maximum Gasteiger partial charge on any atom is 0.394 e. The Bertz CT molecular complexity index is 239. The molecular formula is C7H13N3O4. The second kappa shape index (κ2) is 5.79. The molecule has 7 nitrogen and oxygen atoms in total. The third-order valence-electron chi connectivity index (χ3n) is 1.29. The fourth-order valence-corrected chi connectivity index (χ4v) is 0.579. The predicted molar refractivity (Wildman–Crippen MR) is 47.7 cm³/mol. The fraction of sp³-hybridized carbons (Fsp3) is 0.571. The van der Waals surface area contributed by atoms with E-state index in [-0.39, 0.29) is 19.1 Å². The number of aliphatic carboxylic acids is 1. The van der Waals surface area contributed by atoms with Crippen LogP contribution < -0.4 is 10.6 Å². The van der Waals surface area contributed by atoms with Crippen molar-refractivity contribution in [2.24, 2.45) is 0 Å². The lowest BCUT2D eigenvalue weighted by Crippen LogP contribution is -2.41. The molecule has 0 atom stereocenters. The van der Waals surface area contributed by atoms with Crippen molar-refractivity contribution in [1.82, 2.24) is 15.5 Å². The number of nitrogens with one attached hydrogen (secondary N) is 2. The molecule has 0 aromatic heterocycles. The molecule has 0 unspecified atom stereocenters. The van der Waals surface area contributed by atoms with Gasteiger partial charge < -0.3 is 20.6 Å². The van der Waals surface area contributed by atoms with Crippen LogP contribution in [0.4, 0.5) is 4.79 Å². The first kappa shape index (κ1) is 12.2. The Balaban J connectivity index is 3.52. The molecule has 0 bridgehead atoms. The maximum absolute atomic E-state index is 10.9. The van der Waals surface area contributed by atoms with Gasteiger partial charge in [0.15, 0.2) is 0 Å². The van der Waals surface area contributed by atoms with Crippen LogP contribution in [-0.4, -0.2) is 55.1 Å². The second-order valence-electron chi connectivity index (χ2n) is 2.69. The van der Waals surface area contributed by atoms with Crippen LogP contribution in [0.15, 0.2) is 0 Å². The van der Waals surface area contributed by atoms with E-state index in [9.17, 15) is 14.4 Å². The Morgan fingerprint density at radius 2 is 1.64 bits per heavy atom. The van der Waals surface area contributed by atoms with Gasteiger partial charge in [-0.3, -0.25) is 4.79 Å². The lowest BCUT2D eigenvalue weighted by Gasteiger charge is -2.11. The van der Waals surface area contributed by atoms with E-state index in [0.717, 1.165) is 0 Å². The summed E-state index contributed by atoms with van der Waals surface area (Å²) in [6.07, 6.45) is 0. The smallest absolute Gasteiger partial charge is 0.394 e. The van der Waals surface area contributed by atoms with Crippen LogP contribution in [0.2, 0.25) is 0 Å². The largest absolute Gasteiger partial charge is 0.474 e. The van der Waals surface area contributed by atoms with Gasteiger partial charge in [0.1, 0.15) is 0 Å². The Morgan fingerprint density at radius 3 is 2.07 bits per heavy atom. The van der Waals surface area contributed by atoms with E-state index >= 15 is 0 Å². The molecule has 0 aliphatic heterocycles. The molecule has 0 spiro atoms. The van der Waals surface area contributed by atoms with Crippen molar-refractivity contribution in [3.05, 3.63) is 0 Å². The Morgan fingerprint density at radius 1 is 1.14 bits per heavy atom. The average Bonchev–Trinajstić information content (AvgIpc) is 2.11. The van der Waals surface area contributed by atoms with E-state index in [2.05, 4.69) is 10.6 Å². The van der Waals surface area contributed by atoms with E-state index in [1.165, 1.54) is 4.90 Å². The number of carboxylic acids is 1. The first-order valence-electron chi connectivity index (χ1n) is 3.91. The van der Waals surface area contributed by atoms with Gasteiger partial charge in [-0.1, -0.05) is 0 Å². The van der Waals surface area contributed by atoms with Crippen molar-refractivity contribution in [1.29, 1.82) is 0 Å². The lowest BCUT2D eigenvalue weighted by atomic mass is 10.5. The highest BCUT2D eigenvalue weighted by Crippen LogP contribution is 1.74. The number of carbonyl (C=O) groups is 3. The predicted octanol–water partition coefficient (Wildman–Crippen LogP) is -1.54. The summed E-state index contributed by atoms with van der Waals surface area (Å²) in [5.41, 5.74) is 0. The SMILES string of the molecule is CN(C)C(=O)NCCNC(=O)C(=O)O. The average molecular weight is 203 g/mol. The number of amides is 3. The highest BCUT2D eigenvalue weighted by molar-refractivity contribution is 6.31. The highest BCUT2D eigenvalue weighted by Gasteiger charge is 2.09. The molecule has 3 N–H and O–H groups in total. The molecule has 80 valence electrons. The normalized spacial score (nSPS) is 9.00. The molecule has 0 aromatic rings. The zero-order valence-corrected chi connectivity index (χ0v) is 8.03. The fourth-order valence-electron chi connectivity index (χ4n) is 0.579. The minimum atomic E-state index is -1.54. The van der Waals surface area contributed by atoms with Crippen molar-refractivity contribution in [3.8, 4) is 0 Å². The van der Waals surface area contributed by atoms with Crippen LogP contribution >= 0.6 is 0 Å². The molecular weight excluding hydrogens is 190 g/mol. The zero-order valence-electron chi connectivity index (χ0n) is 8.03. The molecule has 0 radical (unpaired) electrons. The van der Waals surface area contributed by atoms with Gasteiger partial charge in [-0.05, 0) is 0 Å². The summed E-state index contributed by atoms with van der Waals surface area (Å²) in [4.78, 5) is 32.8. The van der Waals surface area contributed by atoms with E-state index in [1.54, 1.807) is 14.1 Å². The van der Waals surface area contributed by atoms with Crippen LogP contribution in [0.1, 0.15) is 0 Å². The maximum atomic E-state index is 10.9. The zero-order chi connectivity index (χ0) is 11.1. The van der Waals surface area contributed by atoms with Crippen LogP contribution in [0.5, 0.6) is 0 Å². The number of rotatable bonds is 3. The summed E-state index contributed by atoms with van der Waals surface area (Å²) in [6.45, 7) is 0.279. The minimum Gasteiger partial charge on any atom is -0.474 e. The van der Waals surface area contributed by atoms with Gasteiger partial charge >= 0.3 is 17.9 Å². The molecule has 14 heavy (non-hydrogen) atoms. The van der Waals surface area contributed by atoms with Gasteiger partial charge in [-0.15, -0.1) is 0 Å². The summed E-state index contributed by atoms with van der Waals surface area (Å²) >= 11 is 0. The summed E-state index contributed by atoms with van der Waals surface area (Å²) in [6, 6.07) is -0.297. The van der Waals surface area contributed by atoms with Crippen molar-refractivity contribution < 1.29 is 19.5 Å². The first-order valence-corrected chi connectivity index (χ1v) is 3.91. The number of carbonyl (C=O) groups excluding carboxylic acids is 2. The molecule has 3 amide bonds. The van der Waals surface area contributed by atoms with E-state index in [1.807, 2.05) is 0 Å². The van der Waals surface area contributed by atoms with Crippen molar-refractivity contribution >= 4 is 17.9 Å². The summed E-state index contributed by atoms with van der Waals surface area (Å²) in [7, 11) is 3.15. The summed E-state index contributed by atoms with van der Waals surface area (Å²) in [5, 5.41) is 12.7. The van der Waals surface area contributed by atoms with Crippen LogP contribution in [-0.2, 0) is 9.59 Å². The van der Waals surface area contributed by atoms with E-state index in [0.29, 0.717) is 0 Å². The number of urea groups is 1. The van der Waals surface area contributed by atoms with E-state index < -0.39 is 11.9 Å². The number of nitrogens with zero attached hydrogens (tertiary/aromatic N) is 1. The lowest BCUT2D eigenvalue weighted by molar-refractivity contribution is -0.150. The molecule has 0 aliphatic rings. The molecule has 0 aliphatic carbocycles. The number of hydrogen-bond acceptors (Lipinski definition) is 3. The van der Waals surface area contributed by atoms with Gasteiger partial charge in [0.2, 0.25) is 0 Å². The van der Waals surface area contributed by atoms with Gasteiger partial charge in [0, 0.05) is 27.2 Å². The molecule has 0 saturated heterocycles. The Kier molecular flexibility index (Phi) is 5.05. The molecule has 0 fully saturated rings. The van der Waals surface area contributed by atoms with Crippen LogP contribution in [0.3, 0.4) is 0 Å². The van der Waals surface area contributed by atoms with Crippen molar-refractivity contribution in [3.63, 3.8) is 0 Å². The molecule has 0 rings (SSSR count). The van der Waals surface area contributed by atoms with Crippen molar-refractivity contribution in [2.75, 3.05) is 27.2 Å². The monoisotopic (exact) mass is 203 g/mol. The summed E-state index contributed by atoms with van der Waals surface area (Å²) in [5.74, 6) is -2.62. The Labute approximate surface area is 81.1 Å². The third-order valence-corrected chi connectivity index (χ3v) is 1.29. The summed E-state index contributed by atoms with van der Waals surface area (Å²) < 4.78 is 0. The first-order chi connectivity index (χ1) is 6.45. The van der Waals surface area contributed by atoms with Gasteiger partial charge in [0.05, 0.1) is 0 Å². The van der Waals surface area contributed by atoms with Gasteiger partial charge in [-0.2, -0.15) is 0 Å².